The van der Waals surface area contributed by atoms with Crippen molar-refractivity contribution in [1.82, 2.24) is 0 Å². The summed E-state index contributed by atoms with van der Waals surface area (Å²) in [4.78, 5) is 0. The second-order valence-electron chi connectivity index (χ2n) is 5.01. The van der Waals surface area contributed by atoms with Crippen LogP contribution in [0, 0.1) is 5.92 Å². The van der Waals surface area contributed by atoms with E-state index in [0.717, 1.165) is 11.2 Å². The van der Waals surface area contributed by atoms with E-state index in [-0.39, 0.29) is 0 Å². The molecule has 0 bridgehead atoms. The molecule has 0 saturated heterocycles. The average molecular weight is 228 g/mol. The highest BCUT2D eigenvalue weighted by Gasteiger charge is 2.15. The van der Waals surface area contributed by atoms with Gasteiger partial charge < -0.3 is 0 Å². The predicted molar refractivity (Wildman–Crippen MR) is 72.6 cm³/mol. The first kappa shape index (κ1) is 13.4. The van der Waals surface area contributed by atoms with Crippen LogP contribution >= 0.6 is 11.8 Å². The fraction of sp³-hybridized carbons (Fsp3) is 1.00. The number of thioether (sulfide) groups is 1. The van der Waals surface area contributed by atoms with Crippen LogP contribution in [-0.2, 0) is 0 Å². The Bertz CT molecular complexity index is 138. The first-order valence-electron chi connectivity index (χ1n) is 6.98. The van der Waals surface area contributed by atoms with Crippen molar-refractivity contribution in [3.05, 3.63) is 0 Å². The minimum atomic E-state index is 0.951. The molecule has 15 heavy (non-hydrogen) atoms. The Hall–Kier alpha value is 0.350. The van der Waals surface area contributed by atoms with Gasteiger partial charge in [-0.1, -0.05) is 46.0 Å². The van der Waals surface area contributed by atoms with Crippen LogP contribution in [0.15, 0.2) is 0 Å². The van der Waals surface area contributed by atoms with Crippen LogP contribution in [0.2, 0.25) is 0 Å². The molecule has 0 amide bonds. The number of unbranched alkanes of at least 4 members (excludes halogenated alkanes) is 1. The second kappa shape index (κ2) is 8.50. The van der Waals surface area contributed by atoms with Gasteiger partial charge in [-0.2, -0.15) is 11.8 Å². The van der Waals surface area contributed by atoms with E-state index in [0.29, 0.717) is 0 Å². The van der Waals surface area contributed by atoms with Crippen LogP contribution in [0.3, 0.4) is 0 Å². The fourth-order valence-electron chi connectivity index (χ4n) is 2.46. The molecule has 1 unspecified atom stereocenters. The Balaban J connectivity index is 2.09. The molecule has 0 N–H and O–H groups in total. The van der Waals surface area contributed by atoms with Gasteiger partial charge in [-0.05, 0) is 37.4 Å². The Morgan fingerprint density at radius 2 is 1.87 bits per heavy atom. The topological polar surface area (TPSA) is 0 Å². The number of rotatable bonds is 7. The average Bonchev–Trinajstić information content (AvgIpc) is 2.31. The molecule has 0 aromatic rings. The van der Waals surface area contributed by atoms with E-state index in [9.17, 15) is 0 Å². The van der Waals surface area contributed by atoms with E-state index in [1.165, 1.54) is 63.5 Å². The van der Waals surface area contributed by atoms with E-state index in [4.69, 9.17) is 0 Å². The molecule has 0 radical (unpaired) electrons. The standard InChI is InChI=1S/C14H28S/c1-3-5-11-14(4-2)15-12-13-9-7-6-8-10-13/h13-14H,3-12H2,1-2H3. The molecule has 1 atom stereocenters. The maximum atomic E-state index is 2.36. The zero-order valence-corrected chi connectivity index (χ0v) is 11.5. The Labute approximate surface area is 101 Å². The molecule has 0 aromatic carbocycles. The van der Waals surface area contributed by atoms with Crippen LogP contribution in [0.4, 0.5) is 0 Å². The van der Waals surface area contributed by atoms with Crippen molar-refractivity contribution in [2.45, 2.75) is 76.9 Å². The van der Waals surface area contributed by atoms with E-state index >= 15 is 0 Å². The molecule has 1 aliphatic rings. The van der Waals surface area contributed by atoms with Crippen LogP contribution < -0.4 is 0 Å². The van der Waals surface area contributed by atoms with Crippen LogP contribution in [0.1, 0.15) is 71.6 Å². The fourth-order valence-corrected chi connectivity index (χ4v) is 3.91. The molecule has 1 aliphatic carbocycles. The second-order valence-corrected chi connectivity index (χ2v) is 6.34. The van der Waals surface area contributed by atoms with Crippen molar-refractivity contribution in [3.8, 4) is 0 Å². The quantitative estimate of drug-likeness (QED) is 0.572. The monoisotopic (exact) mass is 228 g/mol. The van der Waals surface area contributed by atoms with E-state index in [2.05, 4.69) is 25.6 Å². The summed E-state index contributed by atoms with van der Waals surface area (Å²) in [6.45, 7) is 4.66. The van der Waals surface area contributed by atoms with E-state index < -0.39 is 0 Å². The Morgan fingerprint density at radius 1 is 1.13 bits per heavy atom. The van der Waals surface area contributed by atoms with Crippen molar-refractivity contribution in [2.24, 2.45) is 5.92 Å². The van der Waals surface area contributed by atoms with Crippen molar-refractivity contribution < 1.29 is 0 Å². The molecule has 1 heteroatoms. The van der Waals surface area contributed by atoms with Crippen molar-refractivity contribution in [2.75, 3.05) is 5.75 Å². The van der Waals surface area contributed by atoms with Crippen molar-refractivity contribution >= 4 is 11.8 Å². The Kier molecular flexibility index (Phi) is 7.60. The van der Waals surface area contributed by atoms with Crippen molar-refractivity contribution in [3.63, 3.8) is 0 Å². The Morgan fingerprint density at radius 3 is 2.47 bits per heavy atom. The lowest BCUT2D eigenvalue weighted by atomic mass is 9.91. The van der Waals surface area contributed by atoms with E-state index in [1.807, 2.05) is 0 Å². The first-order valence-corrected chi connectivity index (χ1v) is 8.03. The summed E-state index contributed by atoms with van der Waals surface area (Å²) in [5.41, 5.74) is 0. The van der Waals surface area contributed by atoms with Gasteiger partial charge in [-0.15, -0.1) is 0 Å². The molecule has 1 rings (SSSR count). The number of hydrogen-bond donors (Lipinski definition) is 0. The summed E-state index contributed by atoms with van der Waals surface area (Å²) in [6.07, 6.45) is 13.1. The minimum absolute atomic E-state index is 0.951. The summed E-state index contributed by atoms with van der Waals surface area (Å²) < 4.78 is 0. The third-order valence-corrected chi connectivity index (χ3v) is 5.33. The lowest BCUT2D eigenvalue weighted by Gasteiger charge is -2.23. The summed E-state index contributed by atoms with van der Waals surface area (Å²) in [6, 6.07) is 0. The summed E-state index contributed by atoms with van der Waals surface area (Å²) in [5.74, 6) is 2.50. The predicted octanol–water partition coefficient (Wildman–Crippen LogP) is 5.27. The summed E-state index contributed by atoms with van der Waals surface area (Å²) in [7, 11) is 0. The van der Waals surface area contributed by atoms with Gasteiger partial charge in [0.1, 0.15) is 0 Å². The highest BCUT2D eigenvalue weighted by molar-refractivity contribution is 7.99. The summed E-state index contributed by atoms with van der Waals surface area (Å²) >= 11 is 2.27. The number of hydrogen-bond acceptors (Lipinski definition) is 1. The van der Waals surface area contributed by atoms with Gasteiger partial charge in [0.05, 0.1) is 0 Å². The van der Waals surface area contributed by atoms with E-state index in [1.54, 1.807) is 0 Å². The molecule has 1 saturated carbocycles. The minimum Gasteiger partial charge on any atom is -0.158 e. The molecule has 90 valence electrons. The highest BCUT2D eigenvalue weighted by Crippen LogP contribution is 2.30. The van der Waals surface area contributed by atoms with Crippen molar-refractivity contribution in [1.29, 1.82) is 0 Å². The maximum absolute atomic E-state index is 2.36. The highest BCUT2D eigenvalue weighted by atomic mass is 32.2. The molecule has 0 aliphatic heterocycles. The van der Waals surface area contributed by atoms with Gasteiger partial charge in [0, 0.05) is 5.25 Å². The largest absolute Gasteiger partial charge is 0.158 e. The molecular weight excluding hydrogens is 200 g/mol. The van der Waals surface area contributed by atoms with Gasteiger partial charge >= 0.3 is 0 Å². The SMILES string of the molecule is CCCCC(CC)SCC1CCCCC1. The molecule has 0 nitrogen and oxygen atoms in total. The van der Waals surface area contributed by atoms with Crippen LogP contribution in [0.5, 0.6) is 0 Å². The van der Waals surface area contributed by atoms with Crippen LogP contribution in [0.25, 0.3) is 0 Å². The van der Waals surface area contributed by atoms with Crippen LogP contribution in [-0.4, -0.2) is 11.0 Å². The maximum Gasteiger partial charge on any atom is 0.00445 e. The van der Waals surface area contributed by atoms with Gasteiger partial charge in [-0.25, -0.2) is 0 Å². The summed E-state index contributed by atoms with van der Waals surface area (Å²) in [5, 5.41) is 0.951. The first-order chi connectivity index (χ1) is 7.36. The molecule has 1 fully saturated rings. The smallest absolute Gasteiger partial charge is 0.00445 e. The molecule has 0 heterocycles. The normalized spacial score (nSPS) is 20.4. The third-order valence-electron chi connectivity index (χ3n) is 3.63. The molecular formula is C14H28S. The van der Waals surface area contributed by atoms with Gasteiger partial charge in [0.15, 0.2) is 0 Å². The van der Waals surface area contributed by atoms with Gasteiger partial charge in [0.2, 0.25) is 0 Å². The molecule has 0 spiro atoms. The lowest BCUT2D eigenvalue weighted by Crippen LogP contribution is -2.12. The zero-order valence-electron chi connectivity index (χ0n) is 10.6. The molecule has 0 aromatic heterocycles. The zero-order chi connectivity index (χ0) is 10.9. The third kappa shape index (κ3) is 5.85. The van der Waals surface area contributed by atoms with Gasteiger partial charge in [-0.3, -0.25) is 0 Å². The lowest BCUT2D eigenvalue weighted by molar-refractivity contribution is 0.390. The van der Waals surface area contributed by atoms with Gasteiger partial charge in [0.25, 0.3) is 0 Å².